The Morgan fingerprint density at radius 1 is 1.16 bits per heavy atom. The van der Waals surface area contributed by atoms with Gasteiger partial charge in [0.05, 0.1) is 5.56 Å². The molecule has 19 heavy (non-hydrogen) atoms. The van der Waals surface area contributed by atoms with Crippen LogP contribution < -0.4 is 11.1 Å². The lowest BCUT2D eigenvalue weighted by Gasteiger charge is -2.13. The number of hydrogen-bond acceptors (Lipinski definition) is 3. The summed E-state index contributed by atoms with van der Waals surface area (Å²) >= 11 is 5.10. The molecule has 0 fully saturated rings. The third-order valence-corrected chi connectivity index (χ3v) is 3.09. The number of thiocarbonyl (C=S) groups is 1. The Kier molecular flexibility index (Phi) is 3.81. The van der Waals surface area contributed by atoms with Crippen LogP contribution in [-0.2, 0) is 0 Å². The number of pyridine rings is 1. The molecule has 2 rings (SSSR count). The second-order valence-corrected chi connectivity index (χ2v) is 5.16. The van der Waals surface area contributed by atoms with Crippen molar-refractivity contribution in [1.82, 2.24) is 4.98 Å². The summed E-state index contributed by atoms with van der Waals surface area (Å²) in [7, 11) is 0. The summed E-state index contributed by atoms with van der Waals surface area (Å²) < 4.78 is 0. The molecule has 0 bridgehead atoms. The van der Waals surface area contributed by atoms with Crippen LogP contribution in [0.4, 0.5) is 11.5 Å². The van der Waals surface area contributed by atoms with Crippen molar-refractivity contribution < 1.29 is 0 Å². The molecule has 3 nitrogen and oxygen atoms in total. The van der Waals surface area contributed by atoms with Gasteiger partial charge in [-0.3, -0.25) is 0 Å². The van der Waals surface area contributed by atoms with Crippen molar-refractivity contribution in [3.05, 3.63) is 52.7 Å². The zero-order valence-corrected chi connectivity index (χ0v) is 12.1. The molecule has 0 saturated heterocycles. The molecule has 3 N–H and O–H groups in total. The monoisotopic (exact) mass is 271 g/mol. The van der Waals surface area contributed by atoms with E-state index in [1.54, 1.807) is 6.20 Å². The minimum Gasteiger partial charge on any atom is -0.389 e. The highest BCUT2D eigenvalue weighted by Gasteiger charge is 2.10. The first-order valence-electron chi connectivity index (χ1n) is 6.08. The van der Waals surface area contributed by atoms with Crippen LogP contribution in [-0.4, -0.2) is 9.97 Å². The van der Waals surface area contributed by atoms with E-state index in [0.717, 1.165) is 16.8 Å². The minimum atomic E-state index is 0.359. The SMILES string of the molecule is Cc1cc(C)cc(Nc2nccc(C)c2C(N)=S)c1. The second kappa shape index (κ2) is 5.36. The van der Waals surface area contributed by atoms with Gasteiger partial charge in [0.15, 0.2) is 0 Å². The highest BCUT2D eigenvalue weighted by Crippen LogP contribution is 2.22. The fourth-order valence-corrected chi connectivity index (χ4v) is 2.41. The molecule has 0 atom stereocenters. The first-order valence-corrected chi connectivity index (χ1v) is 6.49. The maximum absolute atomic E-state index is 5.78. The van der Waals surface area contributed by atoms with Gasteiger partial charge in [0.1, 0.15) is 10.8 Å². The Hall–Kier alpha value is -1.94. The average Bonchev–Trinajstić information content (AvgIpc) is 2.26. The van der Waals surface area contributed by atoms with E-state index in [1.807, 2.05) is 13.0 Å². The van der Waals surface area contributed by atoms with Gasteiger partial charge in [-0.1, -0.05) is 18.3 Å². The summed E-state index contributed by atoms with van der Waals surface area (Å²) in [6.45, 7) is 6.11. The number of nitrogens with zero attached hydrogens (tertiary/aromatic N) is 1. The van der Waals surface area contributed by atoms with Gasteiger partial charge in [0.2, 0.25) is 0 Å². The zero-order valence-electron chi connectivity index (χ0n) is 11.3. The number of rotatable bonds is 3. The number of hydrogen-bond donors (Lipinski definition) is 2. The maximum Gasteiger partial charge on any atom is 0.140 e. The molecule has 0 aliphatic carbocycles. The van der Waals surface area contributed by atoms with E-state index < -0.39 is 0 Å². The van der Waals surface area contributed by atoms with Crippen LogP contribution in [0.5, 0.6) is 0 Å². The number of nitrogens with two attached hydrogens (primary N) is 1. The van der Waals surface area contributed by atoms with Crippen molar-refractivity contribution in [1.29, 1.82) is 0 Å². The summed E-state index contributed by atoms with van der Waals surface area (Å²) in [4.78, 5) is 4.70. The third-order valence-electron chi connectivity index (χ3n) is 2.89. The summed E-state index contributed by atoms with van der Waals surface area (Å²) in [5.41, 5.74) is 11.0. The molecule has 0 spiro atoms. The Morgan fingerprint density at radius 2 is 1.79 bits per heavy atom. The molecule has 1 heterocycles. The largest absolute Gasteiger partial charge is 0.389 e. The van der Waals surface area contributed by atoms with Crippen molar-refractivity contribution in [2.45, 2.75) is 20.8 Å². The molecule has 0 radical (unpaired) electrons. The summed E-state index contributed by atoms with van der Waals surface area (Å²) in [6, 6.07) is 8.17. The topological polar surface area (TPSA) is 50.9 Å². The number of aryl methyl sites for hydroxylation is 3. The lowest BCUT2D eigenvalue weighted by Crippen LogP contribution is -2.14. The number of nitrogens with one attached hydrogen (secondary N) is 1. The first-order chi connectivity index (χ1) is 8.97. The van der Waals surface area contributed by atoms with Crippen molar-refractivity contribution >= 4 is 28.7 Å². The fourth-order valence-electron chi connectivity index (χ4n) is 2.15. The van der Waals surface area contributed by atoms with Crippen LogP contribution in [0.2, 0.25) is 0 Å². The standard InChI is InChI=1S/C15H17N3S/c1-9-6-10(2)8-12(7-9)18-15-13(14(16)19)11(3)4-5-17-15/h4-8H,1-3H3,(H2,16,19)(H,17,18). The van der Waals surface area contributed by atoms with Crippen molar-refractivity contribution in [2.24, 2.45) is 5.73 Å². The van der Waals surface area contributed by atoms with Gasteiger partial charge in [-0.25, -0.2) is 4.98 Å². The van der Waals surface area contributed by atoms with Gasteiger partial charge >= 0.3 is 0 Å². The molecule has 0 saturated carbocycles. The minimum absolute atomic E-state index is 0.359. The van der Waals surface area contributed by atoms with Crippen molar-refractivity contribution in [3.8, 4) is 0 Å². The Balaban J connectivity index is 2.43. The van der Waals surface area contributed by atoms with Crippen LogP contribution in [0.1, 0.15) is 22.3 Å². The molecule has 0 amide bonds. The van der Waals surface area contributed by atoms with Crippen LogP contribution in [0.25, 0.3) is 0 Å². The van der Waals surface area contributed by atoms with E-state index in [-0.39, 0.29) is 0 Å². The maximum atomic E-state index is 5.78. The van der Waals surface area contributed by atoms with Crippen LogP contribution >= 0.6 is 12.2 Å². The molecule has 1 aromatic carbocycles. The highest BCUT2D eigenvalue weighted by molar-refractivity contribution is 7.80. The average molecular weight is 271 g/mol. The molecule has 2 aromatic rings. The van der Waals surface area contributed by atoms with Gasteiger partial charge < -0.3 is 11.1 Å². The third kappa shape index (κ3) is 3.09. The van der Waals surface area contributed by atoms with Gasteiger partial charge in [-0.05, 0) is 55.7 Å². The Morgan fingerprint density at radius 3 is 2.37 bits per heavy atom. The molecule has 0 unspecified atom stereocenters. The van der Waals surface area contributed by atoms with Crippen LogP contribution in [0, 0.1) is 20.8 Å². The predicted octanol–water partition coefficient (Wildman–Crippen LogP) is 3.38. The van der Waals surface area contributed by atoms with Crippen LogP contribution in [0.3, 0.4) is 0 Å². The van der Waals surface area contributed by atoms with E-state index in [2.05, 4.69) is 42.3 Å². The molecule has 0 aliphatic heterocycles. The normalized spacial score (nSPS) is 10.3. The van der Waals surface area contributed by atoms with Gasteiger partial charge in [-0.15, -0.1) is 0 Å². The highest BCUT2D eigenvalue weighted by atomic mass is 32.1. The summed E-state index contributed by atoms with van der Waals surface area (Å²) in [5.74, 6) is 0.706. The van der Waals surface area contributed by atoms with Gasteiger partial charge in [0, 0.05) is 11.9 Å². The van der Waals surface area contributed by atoms with E-state index in [4.69, 9.17) is 18.0 Å². The predicted molar refractivity (Wildman–Crippen MR) is 84.1 cm³/mol. The smallest absolute Gasteiger partial charge is 0.140 e. The van der Waals surface area contributed by atoms with Crippen LogP contribution in [0.15, 0.2) is 30.5 Å². The molecule has 0 aliphatic rings. The Bertz CT molecular complexity index is 615. The van der Waals surface area contributed by atoms with E-state index in [0.29, 0.717) is 10.8 Å². The van der Waals surface area contributed by atoms with E-state index in [9.17, 15) is 0 Å². The van der Waals surface area contributed by atoms with Gasteiger partial charge in [-0.2, -0.15) is 0 Å². The van der Waals surface area contributed by atoms with E-state index >= 15 is 0 Å². The van der Waals surface area contributed by atoms with E-state index in [1.165, 1.54) is 11.1 Å². The zero-order chi connectivity index (χ0) is 14.0. The second-order valence-electron chi connectivity index (χ2n) is 4.72. The summed E-state index contributed by atoms with van der Waals surface area (Å²) in [6.07, 6.45) is 1.75. The van der Waals surface area contributed by atoms with Crippen molar-refractivity contribution in [3.63, 3.8) is 0 Å². The molecular weight excluding hydrogens is 254 g/mol. The first kappa shape index (κ1) is 13.5. The lowest BCUT2D eigenvalue weighted by molar-refractivity contribution is 1.25. The van der Waals surface area contributed by atoms with Crippen molar-refractivity contribution in [2.75, 3.05) is 5.32 Å². The number of aromatic nitrogens is 1. The number of benzene rings is 1. The summed E-state index contributed by atoms with van der Waals surface area (Å²) in [5, 5.41) is 3.30. The quantitative estimate of drug-likeness (QED) is 0.840. The molecule has 1 aromatic heterocycles. The number of anilines is 2. The van der Waals surface area contributed by atoms with Gasteiger partial charge in [0.25, 0.3) is 0 Å². The fraction of sp³-hybridized carbons (Fsp3) is 0.200. The Labute approximate surface area is 118 Å². The molecule has 98 valence electrons. The lowest BCUT2D eigenvalue weighted by atomic mass is 10.1. The molecule has 4 heteroatoms. The molecular formula is C15H17N3S.